The first kappa shape index (κ1) is 15.9. The lowest BCUT2D eigenvalue weighted by molar-refractivity contribution is -0.0485. The lowest BCUT2D eigenvalue weighted by atomic mass is 10.1. The minimum absolute atomic E-state index is 0.151. The van der Waals surface area contributed by atoms with Crippen LogP contribution in [0.3, 0.4) is 0 Å². The summed E-state index contributed by atoms with van der Waals surface area (Å²) in [5.41, 5.74) is 0. The van der Waals surface area contributed by atoms with Crippen LogP contribution in [0.2, 0.25) is 18.1 Å². The Morgan fingerprint density at radius 3 is 2.61 bits per heavy atom. The van der Waals surface area contributed by atoms with E-state index in [0.29, 0.717) is 6.61 Å². The zero-order chi connectivity index (χ0) is 13.8. The van der Waals surface area contributed by atoms with Gasteiger partial charge in [0.15, 0.2) is 8.32 Å². The van der Waals surface area contributed by atoms with Crippen molar-refractivity contribution in [3.8, 4) is 0 Å². The summed E-state index contributed by atoms with van der Waals surface area (Å²) in [6, 6.07) is 0. The van der Waals surface area contributed by atoms with Gasteiger partial charge in [0.25, 0.3) is 0 Å². The highest BCUT2D eigenvalue weighted by Gasteiger charge is 2.36. The van der Waals surface area contributed by atoms with Gasteiger partial charge < -0.3 is 14.3 Å². The molecule has 0 aromatic carbocycles. The molecule has 1 aliphatic rings. The highest BCUT2D eigenvalue weighted by Crippen LogP contribution is 2.36. The van der Waals surface area contributed by atoms with E-state index in [1.54, 1.807) is 0 Å². The molecule has 0 bridgehead atoms. The van der Waals surface area contributed by atoms with Gasteiger partial charge >= 0.3 is 0 Å². The fourth-order valence-corrected chi connectivity index (χ4v) is 2.58. The molecule has 18 heavy (non-hydrogen) atoms. The number of hydrogen-bond donors (Lipinski definition) is 1. The highest BCUT2D eigenvalue weighted by atomic mass is 28.4. The summed E-state index contributed by atoms with van der Waals surface area (Å²) in [4.78, 5) is 0. The summed E-state index contributed by atoms with van der Waals surface area (Å²) in [5, 5.41) is 9.99. The predicted molar refractivity (Wildman–Crippen MR) is 77.3 cm³/mol. The average molecular weight is 272 g/mol. The summed E-state index contributed by atoms with van der Waals surface area (Å²) < 4.78 is 11.5. The molecular formula is C14H28O3Si. The molecule has 0 aromatic heterocycles. The Kier molecular flexibility index (Phi) is 5.59. The second kappa shape index (κ2) is 6.33. The molecule has 0 aromatic rings. The van der Waals surface area contributed by atoms with E-state index < -0.39 is 8.32 Å². The van der Waals surface area contributed by atoms with E-state index in [-0.39, 0.29) is 17.2 Å². The molecule has 0 spiro atoms. The zero-order valence-corrected chi connectivity index (χ0v) is 13.4. The van der Waals surface area contributed by atoms with Gasteiger partial charge in [-0.2, -0.15) is 0 Å². The van der Waals surface area contributed by atoms with Gasteiger partial charge in [-0.3, -0.25) is 0 Å². The van der Waals surface area contributed by atoms with Gasteiger partial charge in [0.1, 0.15) is 6.10 Å². The Hall–Kier alpha value is -0.163. The van der Waals surface area contributed by atoms with Crippen LogP contribution in [0, 0.1) is 0 Å². The third-order valence-corrected chi connectivity index (χ3v) is 8.51. The molecule has 1 aliphatic heterocycles. The van der Waals surface area contributed by atoms with E-state index in [2.05, 4.69) is 33.9 Å². The molecule has 3 nitrogen and oxygen atoms in total. The number of aliphatic hydroxyl groups excluding tert-OH is 1. The fourth-order valence-electron chi connectivity index (χ4n) is 1.63. The maximum absolute atomic E-state index is 9.75. The summed E-state index contributed by atoms with van der Waals surface area (Å²) in [6.45, 7) is 12.5. The van der Waals surface area contributed by atoms with Crippen molar-refractivity contribution in [3.05, 3.63) is 12.2 Å². The molecule has 106 valence electrons. The van der Waals surface area contributed by atoms with Gasteiger partial charge in [0.05, 0.1) is 12.7 Å². The monoisotopic (exact) mass is 272 g/mol. The molecule has 0 aliphatic carbocycles. The van der Waals surface area contributed by atoms with Gasteiger partial charge in [-0.1, -0.05) is 32.9 Å². The van der Waals surface area contributed by atoms with Crippen molar-refractivity contribution >= 4 is 8.32 Å². The van der Waals surface area contributed by atoms with Crippen LogP contribution in [0.25, 0.3) is 0 Å². The van der Waals surface area contributed by atoms with E-state index in [1.165, 1.54) is 0 Å². The maximum atomic E-state index is 9.75. The van der Waals surface area contributed by atoms with Crippen LogP contribution in [0.4, 0.5) is 0 Å². The van der Waals surface area contributed by atoms with Gasteiger partial charge in [-0.05, 0) is 31.0 Å². The molecule has 1 heterocycles. The van der Waals surface area contributed by atoms with Crippen molar-refractivity contribution in [2.24, 2.45) is 0 Å². The first-order valence-corrected chi connectivity index (χ1v) is 9.75. The molecule has 1 N–H and O–H groups in total. The molecule has 1 saturated heterocycles. The Morgan fingerprint density at radius 1 is 1.39 bits per heavy atom. The summed E-state index contributed by atoms with van der Waals surface area (Å²) in [6.07, 6.45) is 5.20. The minimum Gasteiger partial charge on any atom is -0.413 e. The Bertz CT molecular complexity index is 281. The third kappa shape index (κ3) is 4.50. The van der Waals surface area contributed by atoms with Crippen LogP contribution < -0.4 is 0 Å². The van der Waals surface area contributed by atoms with Crippen LogP contribution in [-0.4, -0.2) is 38.8 Å². The quantitative estimate of drug-likeness (QED) is 0.631. The first-order valence-electron chi connectivity index (χ1n) is 6.84. The summed E-state index contributed by atoms with van der Waals surface area (Å²) in [7, 11) is -1.66. The van der Waals surface area contributed by atoms with Crippen LogP contribution in [0.1, 0.15) is 33.6 Å². The third-order valence-electron chi connectivity index (χ3n) is 4.01. The molecule has 0 unspecified atom stereocenters. The van der Waals surface area contributed by atoms with Crippen LogP contribution >= 0.6 is 0 Å². The molecule has 4 heteroatoms. The van der Waals surface area contributed by atoms with Gasteiger partial charge in [-0.15, -0.1) is 0 Å². The molecule has 0 amide bonds. The van der Waals surface area contributed by atoms with E-state index >= 15 is 0 Å². The van der Waals surface area contributed by atoms with Crippen molar-refractivity contribution < 1.29 is 14.3 Å². The van der Waals surface area contributed by atoms with Crippen LogP contribution in [0.15, 0.2) is 12.2 Å². The second-order valence-corrected chi connectivity index (χ2v) is 11.4. The molecule has 0 saturated carbocycles. The predicted octanol–water partition coefficient (Wildman–Crippen LogP) is 3.10. The normalized spacial score (nSPS) is 26.8. The SMILES string of the molecule is CC(C)(C)[Si](C)(C)OC/C=C/[C@H]1OCCC[C@@H]1O. The van der Waals surface area contributed by atoms with Crippen LogP contribution in [0.5, 0.6) is 0 Å². The van der Waals surface area contributed by atoms with E-state index in [4.69, 9.17) is 9.16 Å². The van der Waals surface area contributed by atoms with Gasteiger partial charge in [0, 0.05) is 6.61 Å². The number of aliphatic hydroxyl groups is 1. The largest absolute Gasteiger partial charge is 0.413 e. The summed E-state index contributed by atoms with van der Waals surface area (Å²) >= 11 is 0. The van der Waals surface area contributed by atoms with Gasteiger partial charge in [0.2, 0.25) is 0 Å². The van der Waals surface area contributed by atoms with E-state index in [0.717, 1.165) is 19.4 Å². The zero-order valence-electron chi connectivity index (χ0n) is 12.4. The summed E-state index contributed by atoms with van der Waals surface area (Å²) in [5.74, 6) is 0. The minimum atomic E-state index is -1.66. The smallest absolute Gasteiger partial charge is 0.192 e. The number of hydrogen-bond acceptors (Lipinski definition) is 3. The molecule has 0 radical (unpaired) electrons. The Labute approximate surface area is 112 Å². The van der Waals surface area contributed by atoms with E-state index in [9.17, 15) is 5.11 Å². The fraction of sp³-hybridized carbons (Fsp3) is 0.857. The lowest BCUT2D eigenvalue weighted by Gasteiger charge is -2.35. The molecule has 1 fully saturated rings. The van der Waals surface area contributed by atoms with Crippen molar-refractivity contribution in [2.75, 3.05) is 13.2 Å². The van der Waals surface area contributed by atoms with Crippen molar-refractivity contribution in [3.63, 3.8) is 0 Å². The number of ether oxygens (including phenoxy) is 1. The maximum Gasteiger partial charge on any atom is 0.192 e. The number of rotatable bonds is 4. The molecule has 2 atom stereocenters. The second-order valence-electron chi connectivity index (χ2n) is 6.54. The molecule has 1 rings (SSSR count). The molecular weight excluding hydrogens is 244 g/mol. The Morgan fingerprint density at radius 2 is 2.06 bits per heavy atom. The van der Waals surface area contributed by atoms with Crippen molar-refractivity contribution in [1.82, 2.24) is 0 Å². The lowest BCUT2D eigenvalue weighted by Crippen LogP contribution is -2.40. The van der Waals surface area contributed by atoms with Crippen molar-refractivity contribution in [1.29, 1.82) is 0 Å². The van der Waals surface area contributed by atoms with Crippen molar-refractivity contribution in [2.45, 2.75) is 64.0 Å². The topological polar surface area (TPSA) is 38.7 Å². The highest BCUT2D eigenvalue weighted by molar-refractivity contribution is 6.74. The van der Waals surface area contributed by atoms with E-state index in [1.807, 2.05) is 12.2 Å². The first-order chi connectivity index (χ1) is 8.24. The Balaban J connectivity index is 2.37. The van der Waals surface area contributed by atoms with Gasteiger partial charge in [-0.25, -0.2) is 0 Å². The van der Waals surface area contributed by atoms with Crippen LogP contribution in [-0.2, 0) is 9.16 Å². The standard InChI is InChI=1S/C14H28O3Si/c1-14(2,3)18(4,5)17-11-7-9-13-12(15)8-6-10-16-13/h7,9,12-13,15H,6,8,10-11H2,1-5H3/b9-7+/t12-,13+/m0/s1. The average Bonchev–Trinajstić information content (AvgIpc) is 2.25.